The molecule has 2 heterocycles. The van der Waals surface area contributed by atoms with Crippen LogP contribution in [0.15, 0.2) is 24.3 Å². The number of ether oxygens (including phenoxy) is 1. The average Bonchev–Trinajstić information content (AvgIpc) is 2.95. The predicted octanol–water partition coefficient (Wildman–Crippen LogP) is 1.91. The maximum Gasteiger partial charge on any atom is 0.411 e. The number of amides is 1. The fourth-order valence-corrected chi connectivity index (χ4v) is 3.08. The van der Waals surface area contributed by atoms with Gasteiger partial charge in [-0.1, -0.05) is 6.92 Å². The van der Waals surface area contributed by atoms with Gasteiger partial charge in [0, 0.05) is 44.0 Å². The van der Waals surface area contributed by atoms with E-state index in [1.807, 2.05) is 6.92 Å². The molecule has 130 valence electrons. The first-order valence-corrected chi connectivity index (χ1v) is 8.24. The lowest BCUT2D eigenvalue weighted by Crippen LogP contribution is -2.50. The first kappa shape index (κ1) is 16.5. The Morgan fingerprint density at radius 1 is 1.21 bits per heavy atom. The summed E-state index contributed by atoms with van der Waals surface area (Å²) >= 11 is 0. The van der Waals surface area contributed by atoms with E-state index in [0.717, 1.165) is 38.3 Å². The molecule has 1 atom stereocenters. The summed E-state index contributed by atoms with van der Waals surface area (Å²) in [7, 11) is 0. The third-order valence-electron chi connectivity index (χ3n) is 4.57. The molecule has 8 heteroatoms. The lowest BCUT2D eigenvalue weighted by molar-refractivity contribution is -0.384. The number of non-ortho nitro benzene ring substituents is 1. The van der Waals surface area contributed by atoms with E-state index in [-0.39, 0.29) is 22.8 Å². The van der Waals surface area contributed by atoms with Crippen LogP contribution in [-0.2, 0) is 4.74 Å². The van der Waals surface area contributed by atoms with E-state index < -0.39 is 0 Å². The number of cyclic esters (lactones) is 1. The Balaban J connectivity index is 1.50. The molecule has 24 heavy (non-hydrogen) atoms. The van der Waals surface area contributed by atoms with Crippen LogP contribution in [0.4, 0.5) is 16.2 Å². The van der Waals surface area contributed by atoms with Gasteiger partial charge >= 0.3 is 6.09 Å². The quantitative estimate of drug-likeness (QED) is 0.604. The number of hydrogen-bond acceptors (Lipinski definition) is 6. The van der Waals surface area contributed by atoms with Crippen LogP contribution in [0.1, 0.15) is 13.3 Å². The Labute approximate surface area is 140 Å². The predicted molar refractivity (Wildman–Crippen MR) is 89.0 cm³/mol. The van der Waals surface area contributed by atoms with Gasteiger partial charge in [0.2, 0.25) is 0 Å². The van der Waals surface area contributed by atoms with Crippen LogP contribution in [0.2, 0.25) is 0 Å². The second-order valence-electron chi connectivity index (χ2n) is 6.16. The van der Waals surface area contributed by atoms with Crippen LogP contribution in [0.3, 0.4) is 0 Å². The van der Waals surface area contributed by atoms with E-state index in [1.54, 1.807) is 17.0 Å². The Kier molecular flexibility index (Phi) is 4.84. The van der Waals surface area contributed by atoms with Crippen molar-refractivity contribution < 1.29 is 14.5 Å². The van der Waals surface area contributed by atoms with E-state index in [1.165, 1.54) is 12.1 Å². The molecule has 3 rings (SSSR count). The molecule has 0 radical (unpaired) electrons. The number of nitro groups is 1. The third kappa shape index (κ3) is 3.59. The molecule has 1 aromatic rings. The van der Waals surface area contributed by atoms with Crippen molar-refractivity contribution in [2.75, 3.05) is 44.3 Å². The number of carbonyl (C=O) groups is 1. The van der Waals surface area contributed by atoms with Crippen LogP contribution in [0.5, 0.6) is 0 Å². The van der Waals surface area contributed by atoms with Crippen LogP contribution in [0.25, 0.3) is 0 Å². The van der Waals surface area contributed by atoms with Gasteiger partial charge in [0.15, 0.2) is 0 Å². The smallest absolute Gasteiger partial charge is 0.411 e. The first-order valence-electron chi connectivity index (χ1n) is 8.24. The minimum Gasteiger partial charge on any atom is -0.444 e. The Morgan fingerprint density at radius 2 is 1.88 bits per heavy atom. The highest BCUT2D eigenvalue weighted by Crippen LogP contribution is 2.21. The van der Waals surface area contributed by atoms with E-state index in [0.29, 0.717) is 13.2 Å². The van der Waals surface area contributed by atoms with Crippen LogP contribution in [0, 0.1) is 10.1 Å². The Hall–Kier alpha value is -2.35. The molecule has 0 aliphatic carbocycles. The molecule has 2 fully saturated rings. The van der Waals surface area contributed by atoms with Gasteiger partial charge in [-0.15, -0.1) is 0 Å². The Bertz CT molecular complexity index is 599. The zero-order chi connectivity index (χ0) is 17.1. The largest absolute Gasteiger partial charge is 0.444 e. The van der Waals surface area contributed by atoms with Crippen molar-refractivity contribution in [3.8, 4) is 0 Å². The average molecular weight is 334 g/mol. The molecule has 2 aliphatic rings. The van der Waals surface area contributed by atoms with Gasteiger partial charge in [0.25, 0.3) is 5.69 Å². The van der Waals surface area contributed by atoms with Crippen LogP contribution < -0.4 is 4.90 Å². The van der Waals surface area contributed by atoms with Crippen molar-refractivity contribution >= 4 is 17.5 Å². The summed E-state index contributed by atoms with van der Waals surface area (Å²) < 4.78 is 5.28. The fraction of sp³-hybridized carbons (Fsp3) is 0.562. The van der Waals surface area contributed by atoms with Crippen molar-refractivity contribution in [1.82, 2.24) is 9.80 Å². The molecule has 1 amide bonds. The lowest BCUT2D eigenvalue weighted by atomic mass is 10.2. The van der Waals surface area contributed by atoms with Crippen molar-refractivity contribution in [1.29, 1.82) is 0 Å². The normalized spacial score (nSPS) is 21.9. The molecule has 2 saturated heterocycles. The first-order chi connectivity index (χ1) is 11.6. The topological polar surface area (TPSA) is 79.2 Å². The maximum atomic E-state index is 11.8. The van der Waals surface area contributed by atoms with E-state index in [2.05, 4.69) is 9.80 Å². The van der Waals surface area contributed by atoms with Gasteiger partial charge in [-0.2, -0.15) is 0 Å². The summed E-state index contributed by atoms with van der Waals surface area (Å²) in [6.07, 6.45) is 0.634. The zero-order valence-corrected chi connectivity index (χ0v) is 13.8. The summed E-state index contributed by atoms with van der Waals surface area (Å²) in [5.41, 5.74) is 1.10. The minimum absolute atomic E-state index is 0.0129. The number of piperazine rings is 1. The highest BCUT2D eigenvalue weighted by Gasteiger charge is 2.31. The molecule has 0 saturated carbocycles. The molecule has 0 spiro atoms. The van der Waals surface area contributed by atoms with Crippen LogP contribution >= 0.6 is 0 Å². The summed E-state index contributed by atoms with van der Waals surface area (Å²) in [5.74, 6) is 0. The van der Waals surface area contributed by atoms with Crippen molar-refractivity contribution in [2.45, 2.75) is 19.4 Å². The second kappa shape index (κ2) is 7.04. The molecule has 1 aromatic carbocycles. The Morgan fingerprint density at radius 3 is 2.42 bits per heavy atom. The SMILES string of the molecule is CC[C@H]1CN(CN2CCN(c3ccc([N+](=O)[O-])cc3)CC2)C(=O)O1. The monoisotopic (exact) mass is 334 g/mol. The standard InChI is InChI=1S/C16H22N4O4/c1-2-15-11-19(16(21)24-15)12-17-7-9-18(10-8-17)13-3-5-14(6-4-13)20(22)23/h3-6,15H,2,7-12H2,1H3/t15-/m0/s1. The van der Waals surface area contributed by atoms with Gasteiger partial charge in [-0.3, -0.25) is 19.9 Å². The molecule has 0 N–H and O–H groups in total. The van der Waals surface area contributed by atoms with Gasteiger partial charge in [-0.25, -0.2) is 4.79 Å². The van der Waals surface area contributed by atoms with E-state index >= 15 is 0 Å². The van der Waals surface area contributed by atoms with Crippen LogP contribution in [-0.4, -0.2) is 66.3 Å². The van der Waals surface area contributed by atoms with Gasteiger partial charge in [0.05, 0.1) is 18.1 Å². The highest BCUT2D eigenvalue weighted by molar-refractivity contribution is 5.69. The maximum absolute atomic E-state index is 11.8. The molecule has 0 aromatic heterocycles. The number of hydrogen-bond donors (Lipinski definition) is 0. The summed E-state index contributed by atoms with van der Waals surface area (Å²) in [6.45, 7) is 6.64. The number of benzene rings is 1. The van der Waals surface area contributed by atoms with Crippen molar-refractivity contribution in [3.05, 3.63) is 34.4 Å². The zero-order valence-electron chi connectivity index (χ0n) is 13.8. The number of nitrogens with zero attached hydrogens (tertiary/aromatic N) is 4. The van der Waals surface area contributed by atoms with E-state index in [4.69, 9.17) is 4.74 Å². The summed E-state index contributed by atoms with van der Waals surface area (Å²) in [5, 5.41) is 10.7. The summed E-state index contributed by atoms with van der Waals surface area (Å²) in [4.78, 5) is 28.3. The lowest BCUT2D eigenvalue weighted by Gasteiger charge is -2.37. The molecular weight excluding hydrogens is 312 g/mol. The second-order valence-corrected chi connectivity index (χ2v) is 6.16. The fourth-order valence-electron chi connectivity index (χ4n) is 3.08. The molecular formula is C16H22N4O4. The molecule has 0 unspecified atom stereocenters. The van der Waals surface area contributed by atoms with Crippen molar-refractivity contribution in [2.24, 2.45) is 0 Å². The van der Waals surface area contributed by atoms with Gasteiger partial charge in [-0.05, 0) is 18.6 Å². The van der Waals surface area contributed by atoms with Gasteiger partial charge in [0.1, 0.15) is 6.10 Å². The number of nitro benzene ring substituents is 1. The highest BCUT2D eigenvalue weighted by atomic mass is 16.6. The minimum atomic E-state index is -0.388. The number of carbonyl (C=O) groups excluding carboxylic acids is 1. The number of rotatable bonds is 5. The summed E-state index contributed by atoms with van der Waals surface area (Å²) in [6, 6.07) is 6.65. The third-order valence-corrected chi connectivity index (χ3v) is 4.57. The number of anilines is 1. The van der Waals surface area contributed by atoms with Gasteiger partial charge < -0.3 is 9.64 Å². The molecule has 0 bridgehead atoms. The molecule has 2 aliphatic heterocycles. The van der Waals surface area contributed by atoms with Crippen molar-refractivity contribution in [3.63, 3.8) is 0 Å². The van der Waals surface area contributed by atoms with E-state index in [9.17, 15) is 14.9 Å². The molecule has 8 nitrogen and oxygen atoms in total.